The topological polar surface area (TPSA) is 70.7 Å². The van der Waals surface area contributed by atoms with E-state index in [4.69, 9.17) is 4.74 Å². The summed E-state index contributed by atoms with van der Waals surface area (Å²) < 4.78 is 46.6. The van der Waals surface area contributed by atoms with Crippen molar-refractivity contribution in [2.75, 3.05) is 36.4 Å². The Hall–Kier alpha value is -1.38. The number of ether oxygens (including phenoxy) is 1. The molecule has 1 aromatic carbocycles. The van der Waals surface area contributed by atoms with Gasteiger partial charge in [-0.25, -0.2) is 17.5 Å². The van der Waals surface area contributed by atoms with Gasteiger partial charge < -0.3 is 15.0 Å². The molecule has 0 spiro atoms. The fraction of sp³-hybridized carbons (Fsp3) is 0.714. The second kappa shape index (κ2) is 10.6. The summed E-state index contributed by atoms with van der Waals surface area (Å²) in [5, 5.41) is 2.76. The van der Waals surface area contributed by atoms with E-state index in [2.05, 4.69) is 14.9 Å². The van der Waals surface area contributed by atoms with Crippen molar-refractivity contribution in [3.05, 3.63) is 23.5 Å². The van der Waals surface area contributed by atoms with E-state index in [1.54, 1.807) is 19.9 Å². The molecular weight excluding hydrogens is 393 g/mol. The lowest BCUT2D eigenvalue weighted by molar-refractivity contribution is -0.00526. The molecule has 8 heteroatoms. The van der Waals surface area contributed by atoms with E-state index in [0.717, 1.165) is 38.0 Å². The molecule has 2 atom stereocenters. The highest BCUT2D eigenvalue weighted by Gasteiger charge is 2.24. The third-order valence-corrected chi connectivity index (χ3v) is 7.06. The molecule has 2 rings (SSSR count). The Labute approximate surface area is 175 Å². The van der Waals surface area contributed by atoms with Crippen LogP contribution in [-0.4, -0.2) is 52.1 Å². The van der Waals surface area contributed by atoms with Gasteiger partial charge in [-0.3, -0.25) is 0 Å². The van der Waals surface area contributed by atoms with Crippen LogP contribution in [-0.2, 0) is 14.8 Å². The van der Waals surface area contributed by atoms with E-state index in [9.17, 15) is 12.8 Å². The van der Waals surface area contributed by atoms with E-state index in [-0.39, 0.29) is 18.0 Å². The van der Waals surface area contributed by atoms with Gasteiger partial charge in [0, 0.05) is 37.4 Å². The Morgan fingerprint density at radius 3 is 2.38 bits per heavy atom. The molecule has 0 bridgehead atoms. The lowest BCUT2D eigenvalue weighted by atomic mass is 10.1. The van der Waals surface area contributed by atoms with Gasteiger partial charge >= 0.3 is 0 Å². The Morgan fingerprint density at radius 2 is 1.76 bits per heavy atom. The zero-order valence-electron chi connectivity index (χ0n) is 18.3. The number of halogens is 1. The van der Waals surface area contributed by atoms with Crippen molar-refractivity contribution >= 4 is 21.4 Å². The Morgan fingerprint density at radius 1 is 1.14 bits per heavy atom. The minimum atomic E-state index is -3.19. The van der Waals surface area contributed by atoms with Crippen molar-refractivity contribution in [3.63, 3.8) is 0 Å². The number of nitrogens with one attached hydrogen (secondary N) is 2. The number of hydrogen-bond acceptors (Lipinski definition) is 5. The van der Waals surface area contributed by atoms with Crippen LogP contribution in [0.15, 0.2) is 12.1 Å². The molecule has 166 valence electrons. The highest BCUT2D eigenvalue weighted by Crippen LogP contribution is 2.30. The first kappa shape index (κ1) is 23.9. The van der Waals surface area contributed by atoms with Crippen LogP contribution in [0.5, 0.6) is 0 Å². The lowest BCUT2D eigenvalue weighted by Gasteiger charge is -2.37. The first-order valence-corrected chi connectivity index (χ1v) is 12.1. The monoisotopic (exact) mass is 429 g/mol. The molecule has 0 amide bonds. The molecule has 2 N–H and O–H groups in total. The van der Waals surface area contributed by atoms with E-state index in [0.29, 0.717) is 24.3 Å². The molecule has 2 unspecified atom stereocenters. The van der Waals surface area contributed by atoms with Gasteiger partial charge in [-0.2, -0.15) is 0 Å². The van der Waals surface area contributed by atoms with E-state index >= 15 is 0 Å². The van der Waals surface area contributed by atoms with Crippen LogP contribution < -0.4 is 14.9 Å². The molecule has 0 aromatic heterocycles. The molecule has 0 aliphatic carbocycles. The molecular formula is C21H36FN3O3S. The van der Waals surface area contributed by atoms with Crippen molar-refractivity contribution in [2.45, 2.75) is 71.3 Å². The quantitative estimate of drug-likeness (QED) is 0.556. The summed E-state index contributed by atoms with van der Waals surface area (Å²) in [6.45, 7) is 11.8. The molecule has 1 aliphatic heterocycles. The van der Waals surface area contributed by atoms with Gasteiger partial charge in [0.2, 0.25) is 10.0 Å². The zero-order valence-corrected chi connectivity index (χ0v) is 19.1. The van der Waals surface area contributed by atoms with E-state index in [1.807, 2.05) is 26.8 Å². The van der Waals surface area contributed by atoms with Gasteiger partial charge in [-0.1, -0.05) is 6.42 Å². The second-order valence-corrected chi connectivity index (χ2v) is 10.5. The summed E-state index contributed by atoms with van der Waals surface area (Å²) in [5.41, 5.74) is 2.09. The van der Waals surface area contributed by atoms with Gasteiger partial charge in [0.05, 0.1) is 23.1 Å². The number of sulfonamides is 1. The van der Waals surface area contributed by atoms with Crippen LogP contribution in [0, 0.1) is 12.7 Å². The van der Waals surface area contributed by atoms with Crippen LogP contribution >= 0.6 is 0 Å². The maximum atomic E-state index is 14.9. The predicted molar refractivity (Wildman–Crippen MR) is 118 cm³/mol. The van der Waals surface area contributed by atoms with Gasteiger partial charge in [-0.15, -0.1) is 0 Å². The second-order valence-electron chi connectivity index (χ2n) is 8.21. The van der Waals surface area contributed by atoms with Gasteiger partial charge in [-0.05, 0) is 59.6 Å². The predicted octanol–water partition coefficient (Wildman–Crippen LogP) is 3.66. The number of hydrogen-bond donors (Lipinski definition) is 2. The van der Waals surface area contributed by atoms with Crippen molar-refractivity contribution in [3.8, 4) is 0 Å². The van der Waals surface area contributed by atoms with E-state index in [1.165, 1.54) is 0 Å². The van der Waals surface area contributed by atoms with Crippen molar-refractivity contribution in [2.24, 2.45) is 0 Å². The molecule has 0 saturated carbocycles. The summed E-state index contributed by atoms with van der Waals surface area (Å²) in [4.78, 5) is 2.19. The summed E-state index contributed by atoms with van der Waals surface area (Å²) in [6, 6.07) is 3.78. The van der Waals surface area contributed by atoms with Gasteiger partial charge in [0.25, 0.3) is 0 Å². The maximum absolute atomic E-state index is 14.9. The molecule has 1 aromatic rings. The summed E-state index contributed by atoms with van der Waals surface area (Å²) in [7, 11) is -3.19. The fourth-order valence-electron chi connectivity index (χ4n) is 3.56. The zero-order chi connectivity index (χ0) is 21.6. The average Bonchev–Trinajstić information content (AvgIpc) is 2.63. The van der Waals surface area contributed by atoms with Crippen molar-refractivity contribution in [1.82, 2.24) is 4.72 Å². The minimum Gasteiger partial charge on any atom is -0.383 e. The fourth-order valence-corrected chi connectivity index (χ4v) is 4.32. The molecule has 29 heavy (non-hydrogen) atoms. The molecule has 1 heterocycles. The first-order chi connectivity index (χ1) is 13.6. The summed E-state index contributed by atoms with van der Waals surface area (Å²) in [5.74, 6) is -0.209. The number of unbranched alkanes of at least 4 members (excludes halogenated alkanes) is 2. The third-order valence-electron chi connectivity index (χ3n) is 5.21. The van der Waals surface area contributed by atoms with Crippen LogP contribution in [0.4, 0.5) is 15.8 Å². The van der Waals surface area contributed by atoms with Crippen LogP contribution in [0.25, 0.3) is 0 Å². The Bertz CT molecular complexity index is 761. The maximum Gasteiger partial charge on any atom is 0.213 e. The Balaban J connectivity index is 1.80. The molecule has 6 nitrogen and oxygen atoms in total. The third kappa shape index (κ3) is 6.83. The largest absolute Gasteiger partial charge is 0.383 e. The number of anilines is 2. The highest BCUT2D eigenvalue weighted by atomic mass is 32.2. The number of nitrogens with zero attached hydrogens (tertiary/aromatic N) is 1. The highest BCUT2D eigenvalue weighted by molar-refractivity contribution is 7.90. The minimum absolute atomic E-state index is 0.129. The number of benzene rings is 1. The normalized spacial score (nSPS) is 20.3. The van der Waals surface area contributed by atoms with Gasteiger partial charge in [0.15, 0.2) is 5.82 Å². The summed E-state index contributed by atoms with van der Waals surface area (Å²) in [6.07, 6.45) is 2.74. The first-order valence-electron chi connectivity index (χ1n) is 10.5. The summed E-state index contributed by atoms with van der Waals surface area (Å²) >= 11 is 0. The SMILES string of the molecule is Cc1c(N2CC(C)OC(C)C2)ccc(NCCCCCNS(=O)(=O)C(C)C)c1F. The van der Waals surface area contributed by atoms with Crippen LogP contribution in [0.1, 0.15) is 52.5 Å². The Kier molecular flexibility index (Phi) is 8.73. The number of morpholine rings is 1. The smallest absolute Gasteiger partial charge is 0.213 e. The van der Waals surface area contributed by atoms with Crippen LogP contribution in [0.2, 0.25) is 0 Å². The molecule has 1 aliphatic rings. The van der Waals surface area contributed by atoms with Crippen molar-refractivity contribution < 1.29 is 17.5 Å². The molecule has 1 saturated heterocycles. The van der Waals surface area contributed by atoms with Crippen LogP contribution in [0.3, 0.4) is 0 Å². The van der Waals surface area contributed by atoms with E-state index < -0.39 is 15.3 Å². The van der Waals surface area contributed by atoms with Gasteiger partial charge in [0.1, 0.15) is 0 Å². The van der Waals surface area contributed by atoms with Crippen molar-refractivity contribution in [1.29, 1.82) is 0 Å². The number of rotatable bonds is 10. The average molecular weight is 430 g/mol. The standard InChI is InChI=1S/C21H36FN3O3S/c1-15(2)29(26,27)24-12-8-6-7-11-23-19-9-10-20(18(5)21(19)22)25-13-16(3)28-17(4)14-25/h9-10,15-17,23-24H,6-8,11-14H2,1-5H3. The lowest BCUT2D eigenvalue weighted by Crippen LogP contribution is -2.45. The molecule has 0 radical (unpaired) electrons. The molecule has 1 fully saturated rings.